The number of fused-ring (bicyclic) bond motifs is 1. The number of hydrogen-bond acceptors (Lipinski definition) is 3. The van der Waals surface area contributed by atoms with E-state index in [1.165, 1.54) is 24.3 Å². The smallest absolute Gasteiger partial charge is 0.361 e. The Morgan fingerprint density at radius 2 is 1.75 bits per heavy atom. The van der Waals surface area contributed by atoms with Gasteiger partial charge in [0.1, 0.15) is 0 Å². The third-order valence-electron chi connectivity index (χ3n) is 4.11. The second-order valence-electron chi connectivity index (χ2n) is 6.01. The van der Waals surface area contributed by atoms with E-state index in [9.17, 15) is 21.6 Å². The van der Waals surface area contributed by atoms with Gasteiger partial charge in [-0.3, -0.25) is 0 Å². The van der Waals surface area contributed by atoms with Gasteiger partial charge in [0, 0.05) is 22.7 Å². The molecule has 0 aliphatic heterocycles. The average Bonchev–Trinajstić information content (AvgIpc) is 3.28. The molecule has 0 spiro atoms. The lowest BCUT2D eigenvalue weighted by Gasteiger charge is -2.11. The first-order valence-electron chi connectivity index (χ1n) is 8.07. The molecule has 0 aliphatic carbocycles. The molecule has 0 amide bonds. The molecule has 2 aromatic carbocycles. The Balaban J connectivity index is 1.83. The van der Waals surface area contributed by atoms with Crippen molar-refractivity contribution in [2.45, 2.75) is 11.1 Å². The van der Waals surface area contributed by atoms with E-state index in [0.29, 0.717) is 10.4 Å². The molecule has 2 aromatic heterocycles. The number of nitrogens with one attached hydrogen (secondary N) is 2. The SMILES string of the molecule is O=S(=O)(Nn1nc(C(F)(F)F)cc1-c1ccc2[nH]ccc2c1)c1ccccc1. The third kappa shape index (κ3) is 3.33. The Morgan fingerprint density at radius 3 is 2.46 bits per heavy atom. The summed E-state index contributed by atoms with van der Waals surface area (Å²) in [4.78, 5) is 5.64. The van der Waals surface area contributed by atoms with Crippen LogP contribution < -0.4 is 4.83 Å². The second-order valence-corrected chi connectivity index (χ2v) is 7.67. The predicted molar refractivity (Wildman–Crippen MR) is 97.5 cm³/mol. The Bertz CT molecular complexity index is 1240. The maximum atomic E-state index is 13.2. The minimum atomic E-state index is -4.73. The topological polar surface area (TPSA) is 79.8 Å². The number of benzene rings is 2. The van der Waals surface area contributed by atoms with Crippen LogP contribution in [0.5, 0.6) is 0 Å². The minimum absolute atomic E-state index is 0.0325. The number of aromatic amines is 1. The highest BCUT2D eigenvalue weighted by Crippen LogP contribution is 2.32. The van der Waals surface area contributed by atoms with Crippen LogP contribution in [0.25, 0.3) is 22.2 Å². The zero-order valence-corrected chi connectivity index (χ0v) is 14.9. The summed E-state index contributed by atoms with van der Waals surface area (Å²) in [7, 11) is -4.13. The van der Waals surface area contributed by atoms with Gasteiger partial charge in [-0.15, -0.1) is 5.10 Å². The lowest BCUT2D eigenvalue weighted by atomic mass is 10.1. The first-order valence-corrected chi connectivity index (χ1v) is 9.55. The van der Waals surface area contributed by atoms with E-state index in [-0.39, 0.29) is 10.6 Å². The highest BCUT2D eigenvalue weighted by Gasteiger charge is 2.35. The molecule has 2 heterocycles. The summed E-state index contributed by atoms with van der Waals surface area (Å²) < 4.78 is 64.7. The van der Waals surface area contributed by atoms with Gasteiger partial charge in [-0.2, -0.15) is 31.2 Å². The van der Waals surface area contributed by atoms with Crippen molar-refractivity contribution in [1.82, 2.24) is 14.9 Å². The van der Waals surface area contributed by atoms with Gasteiger partial charge in [-0.25, -0.2) is 0 Å². The van der Waals surface area contributed by atoms with E-state index in [1.807, 2.05) is 0 Å². The van der Waals surface area contributed by atoms with Crippen molar-refractivity contribution in [3.8, 4) is 11.3 Å². The Labute approximate surface area is 157 Å². The normalized spacial score (nSPS) is 12.4. The van der Waals surface area contributed by atoms with Crippen LogP contribution in [-0.2, 0) is 16.2 Å². The fourth-order valence-corrected chi connectivity index (χ4v) is 3.76. The fraction of sp³-hybridized carbons (Fsp3) is 0.0556. The Kier molecular flexibility index (Phi) is 4.15. The molecule has 0 atom stereocenters. The van der Waals surface area contributed by atoms with Gasteiger partial charge >= 0.3 is 6.18 Å². The molecule has 0 saturated heterocycles. The monoisotopic (exact) mass is 406 g/mol. The molecule has 10 heteroatoms. The number of rotatable bonds is 4. The number of nitrogens with zero attached hydrogens (tertiary/aromatic N) is 2. The number of halogens is 3. The van der Waals surface area contributed by atoms with Gasteiger partial charge in [-0.1, -0.05) is 24.3 Å². The zero-order valence-electron chi connectivity index (χ0n) is 14.1. The average molecular weight is 406 g/mol. The lowest BCUT2D eigenvalue weighted by molar-refractivity contribution is -0.141. The maximum absolute atomic E-state index is 13.2. The van der Waals surface area contributed by atoms with Crippen molar-refractivity contribution in [1.29, 1.82) is 0 Å². The largest absolute Gasteiger partial charge is 0.435 e. The molecule has 0 saturated carbocycles. The lowest BCUT2D eigenvalue weighted by Crippen LogP contribution is -2.25. The van der Waals surface area contributed by atoms with Crippen LogP contribution in [0, 0.1) is 0 Å². The molecule has 4 aromatic rings. The van der Waals surface area contributed by atoms with E-state index < -0.39 is 21.9 Å². The number of sulfonamides is 1. The van der Waals surface area contributed by atoms with Gasteiger partial charge in [0.25, 0.3) is 10.0 Å². The molecule has 144 valence electrons. The molecule has 0 bridgehead atoms. The molecular formula is C18H13F3N4O2S. The van der Waals surface area contributed by atoms with Crippen LogP contribution in [0.1, 0.15) is 5.69 Å². The molecule has 28 heavy (non-hydrogen) atoms. The molecule has 0 radical (unpaired) electrons. The van der Waals surface area contributed by atoms with Crippen LogP contribution in [-0.4, -0.2) is 23.3 Å². The van der Waals surface area contributed by atoms with E-state index in [0.717, 1.165) is 17.0 Å². The standard InChI is InChI=1S/C18H13F3N4O2S/c19-18(20,21)17-11-16(13-6-7-15-12(10-13)8-9-22-15)25(23-17)24-28(26,27)14-4-2-1-3-5-14/h1-11,22,24H. The summed E-state index contributed by atoms with van der Waals surface area (Å²) in [6.07, 6.45) is -3.03. The molecule has 0 unspecified atom stereocenters. The van der Waals surface area contributed by atoms with Crippen molar-refractivity contribution in [2.75, 3.05) is 4.83 Å². The van der Waals surface area contributed by atoms with Crippen molar-refractivity contribution in [2.24, 2.45) is 0 Å². The van der Waals surface area contributed by atoms with Crippen LogP contribution in [0.15, 0.2) is 71.8 Å². The van der Waals surface area contributed by atoms with Crippen molar-refractivity contribution >= 4 is 20.9 Å². The number of H-pyrrole nitrogens is 1. The molecule has 0 aliphatic rings. The zero-order chi connectivity index (χ0) is 19.9. The quantitative estimate of drug-likeness (QED) is 0.538. The first kappa shape index (κ1) is 18.1. The number of alkyl halides is 3. The first-order chi connectivity index (χ1) is 13.2. The molecule has 6 nitrogen and oxygen atoms in total. The van der Waals surface area contributed by atoms with Crippen molar-refractivity contribution in [3.63, 3.8) is 0 Å². The van der Waals surface area contributed by atoms with E-state index in [2.05, 4.69) is 14.9 Å². The van der Waals surface area contributed by atoms with Crippen LogP contribution in [0.4, 0.5) is 13.2 Å². The van der Waals surface area contributed by atoms with Crippen LogP contribution in [0.3, 0.4) is 0 Å². The molecular weight excluding hydrogens is 393 g/mol. The summed E-state index contributed by atoms with van der Waals surface area (Å²) in [5, 5.41) is 4.20. The maximum Gasteiger partial charge on any atom is 0.435 e. The summed E-state index contributed by atoms with van der Waals surface area (Å²) in [6, 6.07) is 14.8. The minimum Gasteiger partial charge on any atom is -0.361 e. The summed E-state index contributed by atoms with van der Waals surface area (Å²) in [5.41, 5.74) is -0.0519. The number of hydrogen-bond donors (Lipinski definition) is 2. The van der Waals surface area contributed by atoms with E-state index >= 15 is 0 Å². The van der Waals surface area contributed by atoms with Crippen LogP contribution >= 0.6 is 0 Å². The Hall–Kier alpha value is -3.27. The van der Waals surface area contributed by atoms with Gasteiger partial charge in [0.05, 0.1) is 10.6 Å². The van der Waals surface area contributed by atoms with Gasteiger partial charge in [0.2, 0.25) is 0 Å². The summed E-state index contributed by atoms with van der Waals surface area (Å²) >= 11 is 0. The predicted octanol–water partition coefficient (Wildman–Crippen LogP) is 3.98. The van der Waals surface area contributed by atoms with E-state index in [4.69, 9.17) is 0 Å². The van der Waals surface area contributed by atoms with E-state index in [1.54, 1.807) is 36.5 Å². The van der Waals surface area contributed by atoms with Gasteiger partial charge in [-0.05, 0) is 36.4 Å². The van der Waals surface area contributed by atoms with Crippen LogP contribution in [0.2, 0.25) is 0 Å². The highest BCUT2D eigenvalue weighted by molar-refractivity contribution is 7.92. The summed E-state index contributed by atoms with van der Waals surface area (Å²) in [5.74, 6) is 0. The van der Waals surface area contributed by atoms with Gasteiger partial charge < -0.3 is 4.98 Å². The fourth-order valence-electron chi connectivity index (χ4n) is 2.77. The Morgan fingerprint density at radius 1 is 1.00 bits per heavy atom. The second kappa shape index (κ2) is 6.41. The molecule has 0 fully saturated rings. The molecule has 2 N–H and O–H groups in total. The highest BCUT2D eigenvalue weighted by atomic mass is 32.2. The summed E-state index contributed by atoms with van der Waals surface area (Å²) in [6.45, 7) is 0. The molecule has 4 rings (SSSR count). The number of aromatic nitrogens is 3. The third-order valence-corrected chi connectivity index (χ3v) is 5.42. The van der Waals surface area contributed by atoms with Crippen molar-refractivity contribution < 1.29 is 21.6 Å². The van der Waals surface area contributed by atoms with Crippen molar-refractivity contribution in [3.05, 3.63) is 72.6 Å². The van der Waals surface area contributed by atoms with Gasteiger partial charge in [0.15, 0.2) is 5.69 Å².